The molecule has 0 radical (unpaired) electrons. The Labute approximate surface area is 206 Å². The number of carboxylic acid groups (broad SMARTS) is 1. The van der Waals surface area contributed by atoms with Crippen molar-refractivity contribution in [3.8, 4) is 5.75 Å². The lowest BCUT2D eigenvalue weighted by molar-refractivity contribution is -0.146. The van der Waals surface area contributed by atoms with Crippen molar-refractivity contribution in [2.75, 3.05) is 26.7 Å². The molecule has 0 bridgehead atoms. The van der Waals surface area contributed by atoms with Gasteiger partial charge in [0.15, 0.2) is 0 Å². The summed E-state index contributed by atoms with van der Waals surface area (Å²) in [6.07, 6.45) is 8.36. The third kappa shape index (κ3) is 6.79. The number of rotatable bonds is 11. The second kappa shape index (κ2) is 12.1. The number of benzene rings is 2. The van der Waals surface area contributed by atoms with Crippen LogP contribution in [0.4, 0.5) is 4.39 Å². The van der Waals surface area contributed by atoms with E-state index < -0.39 is 5.97 Å². The van der Waals surface area contributed by atoms with Gasteiger partial charge in [-0.05, 0) is 111 Å². The van der Waals surface area contributed by atoms with Crippen LogP contribution in [0.3, 0.4) is 0 Å². The first-order valence-electron chi connectivity index (χ1n) is 12.6. The molecular formula is C29H35FN2O3. The standard InChI is InChI=1S/C29H35FN2O3/c1-35-25-11-12-28-26(19-25)22(13-15-31-28)8-5-9-23-14-17-32(20-27(23)29(33)34)16-3-2-6-21-7-4-10-24(30)18-21/h4,7,10-13,15,18-19,23,27H,2-3,5-6,8-9,14,16-17,20H2,1H3,(H,33,34)/t23-,27+/m1/s1. The number of piperidine rings is 1. The number of carbonyl (C=O) groups is 1. The number of hydrogen-bond acceptors (Lipinski definition) is 4. The van der Waals surface area contributed by atoms with Gasteiger partial charge in [-0.3, -0.25) is 9.78 Å². The van der Waals surface area contributed by atoms with Gasteiger partial charge in [-0.1, -0.05) is 12.1 Å². The van der Waals surface area contributed by atoms with Gasteiger partial charge in [-0.2, -0.15) is 0 Å². The Morgan fingerprint density at radius 3 is 2.83 bits per heavy atom. The molecule has 0 saturated carbocycles. The summed E-state index contributed by atoms with van der Waals surface area (Å²) in [5.74, 6) is -0.162. The Hall–Kier alpha value is -2.99. The van der Waals surface area contributed by atoms with Crippen LogP contribution in [-0.4, -0.2) is 47.7 Å². The fourth-order valence-corrected chi connectivity index (χ4v) is 5.34. The number of pyridine rings is 1. The number of methoxy groups -OCH3 is 1. The quantitative estimate of drug-likeness (QED) is 0.356. The summed E-state index contributed by atoms with van der Waals surface area (Å²) >= 11 is 0. The SMILES string of the molecule is COc1ccc2nccc(CCC[C@@H]3CCN(CCCCc4cccc(F)c4)C[C@@H]3C(=O)O)c2c1. The maximum absolute atomic E-state index is 13.3. The van der Waals surface area contributed by atoms with Crippen LogP contribution < -0.4 is 4.74 Å². The molecule has 0 unspecified atom stereocenters. The number of aromatic nitrogens is 1. The van der Waals surface area contributed by atoms with E-state index in [1.807, 2.05) is 30.5 Å². The number of unbranched alkanes of at least 4 members (excludes halogenated alkanes) is 1. The Morgan fingerprint density at radius 2 is 2.03 bits per heavy atom. The molecule has 0 amide bonds. The number of fused-ring (bicyclic) bond motifs is 1. The predicted octanol–water partition coefficient (Wildman–Crippen LogP) is 5.75. The molecule has 3 aromatic rings. The largest absolute Gasteiger partial charge is 0.497 e. The summed E-state index contributed by atoms with van der Waals surface area (Å²) in [4.78, 5) is 18.8. The van der Waals surface area contributed by atoms with Crippen molar-refractivity contribution < 1.29 is 19.0 Å². The zero-order valence-electron chi connectivity index (χ0n) is 20.5. The molecule has 2 heterocycles. The summed E-state index contributed by atoms with van der Waals surface area (Å²) in [6, 6.07) is 14.8. The van der Waals surface area contributed by atoms with Crippen molar-refractivity contribution in [1.82, 2.24) is 9.88 Å². The Kier molecular flexibility index (Phi) is 8.69. The summed E-state index contributed by atoms with van der Waals surface area (Å²) in [5.41, 5.74) is 3.21. The van der Waals surface area contributed by atoms with Gasteiger partial charge < -0.3 is 14.7 Å². The van der Waals surface area contributed by atoms with Crippen LogP contribution in [0.25, 0.3) is 10.9 Å². The topological polar surface area (TPSA) is 62.7 Å². The number of likely N-dealkylation sites (tertiary alicyclic amines) is 1. The third-order valence-corrected chi connectivity index (χ3v) is 7.30. The minimum absolute atomic E-state index is 0.189. The number of halogens is 1. The Morgan fingerprint density at radius 1 is 1.14 bits per heavy atom. The lowest BCUT2D eigenvalue weighted by atomic mass is 9.81. The molecule has 1 aromatic heterocycles. The molecule has 1 aliphatic rings. The van der Waals surface area contributed by atoms with E-state index in [9.17, 15) is 14.3 Å². The molecule has 2 aromatic carbocycles. The zero-order valence-corrected chi connectivity index (χ0v) is 20.5. The molecule has 2 atom stereocenters. The van der Waals surface area contributed by atoms with Crippen molar-refractivity contribution in [2.45, 2.75) is 44.9 Å². The highest BCUT2D eigenvalue weighted by Crippen LogP contribution is 2.30. The molecule has 0 spiro atoms. The molecular weight excluding hydrogens is 443 g/mol. The number of nitrogens with zero attached hydrogens (tertiary/aromatic N) is 2. The van der Waals surface area contributed by atoms with Crippen LogP contribution in [0.1, 0.15) is 43.2 Å². The molecule has 6 heteroatoms. The highest BCUT2D eigenvalue weighted by molar-refractivity contribution is 5.83. The lowest BCUT2D eigenvalue weighted by Gasteiger charge is -2.36. The molecule has 186 valence electrons. The Balaban J connectivity index is 1.26. The van der Waals surface area contributed by atoms with E-state index in [1.54, 1.807) is 19.2 Å². The first-order valence-corrected chi connectivity index (χ1v) is 12.6. The van der Waals surface area contributed by atoms with E-state index in [2.05, 4.69) is 16.0 Å². The second-order valence-corrected chi connectivity index (χ2v) is 9.63. The number of aliphatic carboxylic acids is 1. The first-order chi connectivity index (χ1) is 17.0. The normalized spacial score (nSPS) is 18.6. The lowest BCUT2D eigenvalue weighted by Crippen LogP contribution is -2.44. The summed E-state index contributed by atoms with van der Waals surface area (Å²) in [6.45, 7) is 2.47. The fourth-order valence-electron chi connectivity index (χ4n) is 5.34. The van der Waals surface area contributed by atoms with Gasteiger partial charge in [0.25, 0.3) is 0 Å². The maximum Gasteiger partial charge on any atom is 0.308 e. The molecule has 1 N–H and O–H groups in total. The van der Waals surface area contributed by atoms with Crippen LogP contribution in [0, 0.1) is 17.7 Å². The van der Waals surface area contributed by atoms with Gasteiger partial charge in [-0.15, -0.1) is 0 Å². The summed E-state index contributed by atoms with van der Waals surface area (Å²) in [7, 11) is 1.67. The number of hydrogen-bond donors (Lipinski definition) is 1. The zero-order chi connectivity index (χ0) is 24.6. The highest BCUT2D eigenvalue weighted by Gasteiger charge is 2.33. The van der Waals surface area contributed by atoms with Crippen molar-refractivity contribution >= 4 is 16.9 Å². The highest BCUT2D eigenvalue weighted by atomic mass is 19.1. The second-order valence-electron chi connectivity index (χ2n) is 9.63. The van der Waals surface area contributed by atoms with Crippen molar-refractivity contribution in [3.63, 3.8) is 0 Å². The van der Waals surface area contributed by atoms with Crippen LogP contribution in [0.15, 0.2) is 54.7 Å². The average molecular weight is 479 g/mol. The fraction of sp³-hybridized carbons (Fsp3) is 0.448. The van der Waals surface area contributed by atoms with Crippen molar-refractivity contribution in [3.05, 3.63) is 71.7 Å². The number of carboxylic acids is 1. The van der Waals surface area contributed by atoms with E-state index in [4.69, 9.17) is 4.74 Å². The molecule has 1 aliphatic heterocycles. The van der Waals surface area contributed by atoms with Gasteiger partial charge in [0, 0.05) is 18.1 Å². The van der Waals surface area contributed by atoms with Gasteiger partial charge in [0.05, 0.1) is 18.5 Å². The molecule has 0 aliphatic carbocycles. The van der Waals surface area contributed by atoms with E-state index in [0.29, 0.717) is 6.54 Å². The number of aryl methyl sites for hydroxylation is 2. The van der Waals surface area contributed by atoms with Crippen molar-refractivity contribution in [2.24, 2.45) is 11.8 Å². The molecule has 4 rings (SSSR count). The minimum Gasteiger partial charge on any atom is -0.497 e. The summed E-state index contributed by atoms with van der Waals surface area (Å²) < 4.78 is 18.7. The van der Waals surface area contributed by atoms with Crippen LogP contribution in [0.2, 0.25) is 0 Å². The van der Waals surface area contributed by atoms with Crippen LogP contribution in [0.5, 0.6) is 5.75 Å². The van der Waals surface area contributed by atoms with Gasteiger partial charge in [-0.25, -0.2) is 4.39 Å². The van der Waals surface area contributed by atoms with E-state index in [0.717, 1.165) is 80.3 Å². The summed E-state index contributed by atoms with van der Waals surface area (Å²) in [5, 5.41) is 11.0. The molecule has 1 saturated heterocycles. The van der Waals surface area contributed by atoms with Crippen molar-refractivity contribution in [1.29, 1.82) is 0 Å². The van der Waals surface area contributed by atoms with Gasteiger partial charge in [0.1, 0.15) is 11.6 Å². The minimum atomic E-state index is -0.682. The van der Waals surface area contributed by atoms with Gasteiger partial charge in [0.2, 0.25) is 0 Å². The maximum atomic E-state index is 13.3. The van der Waals surface area contributed by atoms with E-state index >= 15 is 0 Å². The monoisotopic (exact) mass is 478 g/mol. The number of ether oxygens (including phenoxy) is 1. The third-order valence-electron chi connectivity index (χ3n) is 7.30. The van der Waals surface area contributed by atoms with Crippen LogP contribution in [-0.2, 0) is 17.6 Å². The Bertz CT molecular complexity index is 1140. The average Bonchev–Trinajstić information content (AvgIpc) is 2.87. The van der Waals surface area contributed by atoms with Gasteiger partial charge >= 0.3 is 5.97 Å². The predicted molar refractivity (Wildman–Crippen MR) is 136 cm³/mol. The smallest absolute Gasteiger partial charge is 0.308 e. The molecule has 1 fully saturated rings. The van der Waals surface area contributed by atoms with Crippen LogP contribution >= 0.6 is 0 Å². The van der Waals surface area contributed by atoms with E-state index in [1.165, 1.54) is 11.6 Å². The van der Waals surface area contributed by atoms with E-state index in [-0.39, 0.29) is 17.7 Å². The molecule has 5 nitrogen and oxygen atoms in total. The first kappa shape index (κ1) is 25.1. The molecule has 35 heavy (non-hydrogen) atoms.